The number of rotatable bonds is 4. The second-order valence-electron chi connectivity index (χ2n) is 7.47. The first-order valence-electron chi connectivity index (χ1n) is 10.1. The fraction of sp³-hybridized carbons (Fsp3) is 0.292. The van der Waals surface area contributed by atoms with E-state index in [4.69, 9.17) is 4.98 Å². The molecule has 29 heavy (non-hydrogen) atoms. The van der Waals surface area contributed by atoms with Crippen LogP contribution in [0.2, 0.25) is 0 Å². The molecule has 0 unspecified atom stereocenters. The number of aromatic nitrogens is 2. The van der Waals surface area contributed by atoms with Gasteiger partial charge in [0.05, 0.1) is 0 Å². The van der Waals surface area contributed by atoms with Crippen LogP contribution >= 0.6 is 0 Å². The summed E-state index contributed by atoms with van der Waals surface area (Å²) in [4.78, 5) is 24.7. The third kappa shape index (κ3) is 4.20. The summed E-state index contributed by atoms with van der Waals surface area (Å²) < 4.78 is 0. The monoisotopic (exact) mass is 386 g/mol. The lowest BCUT2D eigenvalue weighted by Gasteiger charge is -2.21. The zero-order chi connectivity index (χ0) is 20.2. The summed E-state index contributed by atoms with van der Waals surface area (Å²) >= 11 is 0. The quantitative estimate of drug-likeness (QED) is 0.692. The Hall–Kier alpha value is -3.05. The molecule has 3 aromatic rings. The number of carbonyl (C=O) groups is 1. The van der Waals surface area contributed by atoms with Crippen LogP contribution in [0.15, 0.2) is 54.7 Å². The second kappa shape index (κ2) is 8.53. The summed E-state index contributed by atoms with van der Waals surface area (Å²) in [5.41, 5.74) is 4.99. The molecule has 5 nitrogen and oxygen atoms in total. The zero-order valence-electron chi connectivity index (χ0n) is 17.0. The summed E-state index contributed by atoms with van der Waals surface area (Å²) in [6, 6.07) is 15.8. The average molecular weight is 386 g/mol. The minimum Gasteiger partial charge on any atom is -0.355 e. The molecule has 1 N–H and O–H groups in total. The summed E-state index contributed by atoms with van der Waals surface area (Å²) in [6.07, 6.45) is 2.91. The van der Waals surface area contributed by atoms with Gasteiger partial charge < -0.3 is 10.2 Å². The predicted molar refractivity (Wildman–Crippen MR) is 117 cm³/mol. The Morgan fingerprint density at radius 1 is 1.03 bits per heavy atom. The molecule has 148 valence electrons. The molecule has 4 rings (SSSR count). The van der Waals surface area contributed by atoms with Crippen LogP contribution in [0.3, 0.4) is 0 Å². The Labute approximate surface area is 171 Å². The van der Waals surface area contributed by atoms with Crippen molar-refractivity contribution in [1.29, 1.82) is 0 Å². The Morgan fingerprint density at radius 2 is 1.90 bits per heavy atom. The molecule has 1 aliphatic rings. The van der Waals surface area contributed by atoms with Crippen LogP contribution in [0.4, 0.5) is 5.82 Å². The highest BCUT2D eigenvalue weighted by molar-refractivity contribution is 6.09. The van der Waals surface area contributed by atoms with Crippen molar-refractivity contribution >= 4 is 11.6 Å². The first kappa shape index (κ1) is 19.3. The van der Waals surface area contributed by atoms with E-state index in [2.05, 4.69) is 34.3 Å². The number of hydrogen-bond acceptors (Lipinski definition) is 5. The molecule has 1 saturated heterocycles. The van der Waals surface area contributed by atoms with E-state index in [0.717, 1.165) is 60.8 Å². The van der Waals surface area contributed by atoms with Gasteiger partial charge in [-0.3, -0.25) is 9.78 Å². The van der Waals surface area contributed by atoms with Gasteiger partial charge in [-0.15, -0.1) is 0 Å². The maximum Gasteiger partial charge on any atom is 0.213 e. The van der Waals surface area contributed by atoms with E-state index in [1.165, 1.54) is 0 Å². The van der Waals surface area contributed by atoms with E-state index in [9.17, 15) is 4.79 Å². The van der Waals surface area contributed by atoms with E-state index >= 15 is 0 Å². The normalized spacial score (nSPS) is 14.5. The number of hydrogen-bond donors (Lipinski definition) is 1. The number of benzene rings is 1. The van der Waals surface area contributed by atoms with Gasteiger partial charge in [0.15, 0.2) is 0 Å². The van der Waals surface area contributed by atoms with Crippen molar-refractivity contribution in [2.75, 3.05) is 31.1 Å². The summed E-state index contributed by atoms with van der Waals surface area (Å²) in [5.74, 6) is 0.778. The molecule has 0 bridgehead atoms. The van der Waals surface area contributed by atoms with Gasteiger partial charge in [-0.1, -0.05) is 30.3 Å². The van der Waals surface area contributed by atoms with Crippen molar-refractivity contribution in [2.45, 2.75) is 20.3 Å². The lowest BCUT2D eigenvalue weighted by Crippen LogP contribution is -2.29. The number of nitrogens with zero attached hydrogens (tertiary/aromatic N) is 3. The molecule has 1 fully saturated rings. The van der Waals surface area contributed by atoms with Crippen molar-refractivity contribution in [3.05, 3.63) is 77.2 Å². The molecule has 3 heterocycles. The molecule has 0 atom stereocenters. The molecule has 1 aliphatic heterocycles. The van der Waals surface area contributed by atoms with Crippen LogP contribution < -0.4 is 10.2 Å². The summed E-state index contributed by atoms with van der Waals surface area (Å²) in [7, 11) is 0. The molecule has 0 saturated carbocycles. The second-order valence-corrected chi connectivity index (χ2v) is 7.47. The maximum atomic E-state index is 13.3. The Kier molecular flexibility index (Phi) is 5.67. The Balaban J connectivity index is 1.67. The first-order valence-corrected chi connectivity index (χ1v) is 10.1. The fourth-order valence-electron chi connectivity index (χ4n) is 3.75. The van der Waals surface area contributed by atoms with Gasteiger partial charge in [0, 0.05) is 42.7 Å². The number of nitrogens with one attached hydrogen (secondary N) is 1. The van der Waals surface area contributed by atoms with Gasteiger partial charge in [0.2, 0.25) is 5.78 Å². The van der Waals surface area contributed by atoms with E-state index in [1.807, 2.05) is 43.5 Å². The van der Waals surface area contributed by atoms with Gasteiger partial charge in [-0.25, -0.2) is 4.98 Å². The first-order chi connectivity index (χ1) is 14.1. The van der Waals surface area contributed by atoms with Crippen molar-refractivity contribution in [2.24, 2.45) is 0 Å². The van der Waals surface area contributed by atoms with E-state index in [0.29, 0.717) is 11.3 Å². The minimum absolute atomic E-state index is 0.0831. The average Bonchev–Trinajstić information content (AvgIpc) is 3.04. The van der Waals surface area contributed by atoms with Crippen LogP contribution in [0.1, 0.15) is 33.7 Å². The smallest absolute Gasteiger partial charge is 0.213 e. The van der Waals surface area contributed by atoms with Gasteiger partial charge in [-0.05, 0) is 56.1 Å². The van der Waals surface area contributed by atoms with Gasteiger partial charge in [-0.2, -0.15) is 0 Å². The highest BCUT2D eigenvalue weighted by Crippen LogP contribution is 2.25. The lowest BCUT2D eigenvalue weighted by molar-refractivity contribution is 0.103. The van der Waals surface area contributed by atoms with E-state index in [-0.39, 0.29) is 5.78 Å². The third-order valence-corrected chi connectivity index (χ3v) is 5.42. The molecule has 1 aromatic carbocycles. The van der Waals surface area contributed by atoms with Crippen LogP contribution in [-0.4, -0.2) is 41.9 Å². The van der Waals surface area contributed by atoms with E-state index in [1.54, 1.807) is 6.07 Å². The lowest BCUT2D eigenvalue weighted by atomic mass is 9.98. The topological polar surface area (TPSA) is 58.1 Å². The maximum absolute atomic E-state index is 13.3. The number of ketones is 1. The fourth-order valence-corrected chi connectivity index (χ4v) is 3.75. The predicted octanol–water partition coefficient (Wildman–Crippen LogP) is 3.79. The van der Waals surface area contributed by atoms with Gasteiger partial charge in [0.25, 0.3) is 0 Å². The largest absolute Gasteiger partial charge is 0.355 e. The molecule has 5 heteroatoms. The third-order valence-electron chi connectivity index (χ3n) is 5.42. The van der Waals surface area contributed by atoms with Crippen LogP contribution in [0.25, 0.3) is 11.1 Å². The number of anilines is 1. The van der Waals surface area contributed by atoms with Gasteiger partial charge in [0.1, 0.15) is 11.5 Å². The highest BCUT2D eigenvalue weighted by atomic mass is 16.1. The molecular weight excluding hydrogens is 360 g/mol. The standard InChI is InChI=1S/C24H26N4O/c1-17-7-3-4-8-20(17)19-15-21(18(2)26-16-19)24(29)22-9-5-10-23(27-22)28-13-6-11-25-12-14-28/h3-5,7-10,15-16,25H,6,11-14H2,1-2H3. The van der Waals surface area contributed by atoms with Crippen molar-refractivity contribution in [1.82, 2.24) is 15.3 Å². The molecule has 0 radical (unpaired) electrons. The zero-order valence-corrected chi connectivity index (χ0v) is 17.0. The van der Waals surface area contributed by atoms with Crippen LogP contribution in [0, 0.1) is 13.8 Å². The molecule has 2 aromatic heterocycles. The van der Waals surface area contributed by atoms with Crippen molar-refractivity contribution < 1.29 is 4.79 Å². The van der Waals surface area contributed by atoms with Crippen molar-refractivity contribution in [3.8, 4) is 11.1 Å². The van der Waals surface area contributed by atoms with Gasteiger partial charge >= 0.3 is 0 Å². The van der Waals surface area contributed by atoms with Crippen LogP contribution in [-0.2, 0) is 0 Å². The molecule has 0 aliphatic carbocycles. The van der Waals surface area contributed by atoms with Crippen molar-refractivity contribution in [3.63, 3.8) is 0 Å². The Morgan fingerprint density at radius 3 is 2.76 bits per heavy atom. The minimum atomic E-state index is -0.0831. The van der Waals surface area contributed by atoms with E-state index < -0.39 is 0 Å². The SMILES string of the molecule is Cc1ccccc1-c1cnc(C)c(C(=O)c2cccc(N3CCCNCC3)n2)c1. The summed E-state index contributed by atoms with van der Waals surface area (Å²) in [5, 5.41) is 3.40. The summed E-state index contributed by atoms with van der Waals surface area (Å²) in [6.45, 7) is 7.74. The number of carbonyl (C=O) groups excluding carboxylic acids is 1. The molecule has 0 amide bonds. The molecule has 0 spiro atoms. The number of pyridine rings is 2. The number of aryl methyl sites for hydroxylation is 2. The Bertz CT molecular complexity index is 1020. The molecular formula is C24H26N4O. The van der Waals surface area contributed by atoms with Crippen LogP contribution in [0.5, 0.6) is 0 Å². The highest BCUT2D eigenvalue weighted by Gasteiger charge is 2.18.